The molecule has 1 aliphatic rings. The highest BCUT2D eigenvalue weighted by molar-refractivity contribution is 6.30. The van der Waals surface area contributed by atoms with Gasteiger partial charge >= 0.3 is 0 Å². The topological polar surface area (TPSA) is 29.5 Å². The highest BCUT2D eigenvalue weighted by Gasteiger charge is 2.27. The number of carbonyl (C=O) groups is 1. The van der Waals surface area contributed by atoms with Crippen molar-refractivity contribution >= 4 is 17.5 Å². The summed E-state index contributed by atoms with van der Waals surface area (Å²) in [5.41, 5.74) is 2.56. The van der Waals surface area contributed by atoms with Gasteiger partial charge in [-0.15, -0.1) is 0 Å². The lowest BCUT2D eigenvalue weighted by Gasteiger charge is -2.31. The molecule has 1 amide bonds. The molecule has 1 heterocycles. The van der Waals surface area contributed by atoms with Crippen LogP contribution in [0.25, 0.3) is 0 Å². The number of benzene rings is 2. The number of rotatable bonds is 4. The van der Waals surface area contributed by atoms with Crippen molar-refractivity contribution in [1.82, 2.24) is 4.90 Å². The third kappa shape index (κ3) is 3.67. The maximum Gasteiger partial charge on any atom is 0.263 e. The molecule has 0 saturated carbocycles. The molecule has 120 valence electrons. The molecule has 0 aromatic heterocycles. The van der Waals surface area contributed by atoms with Crippen LogP contribution in [0.3, 0.4) is 0 Å². The standard InChI is InChI=1S/C19H20ClNO2/c1-2-18(23-17-9-5-8-16(20)12-17)19(22)21-11-10-14-6-3-4-7-15(14)13-21/h3-9,12,18H,2,10-11,13H2,1H3/t18-/m0/s1. The van der Waals surface area contributed by atoms with E-state index in [0.717, 1.165) is 13.0 Å². The minimum absolute atomic E-state index is 0.0435. The van der Waals surface area contributed by atoms with Crippen molar-refractivity contribution in [3.05, 3.63) is 64.7 Å². The average molecular weight is 330 g/mol. The third-order valence-electron chi connectivity index (χ3n) is 4.16. The average Bonchev–Trinajstić information content (AvgIpc) is 2.58. The molecule has 0 fully saturated rings. The minimum atomic E-state index is -0.473. The monoisotopic (exact) mass is 329 g/mol. The van der Waals surface area contributed by atoms with E-state index in [1.165, 1.54) is 11.1 Å². The van der Waals surface area contributed by atoms with Crippen LogP contribution < -0.4 is 4.74 Å². The van der Waals surface area contributed by atoms with E-state index in [-0.39, 0.29) is 5.91 Å². The van der Waals surface area contributed by atoms with E-state index in [4.69, 9.17) is 16.3 Å². The Balaban J connectivity index is 1.71. The molecule has 1 aliphatic heterocycles. The largest absolute Gasteiger partial charge is 0.481 e. The first-order valence-electron chi connectivity index (χ1n) is 7.95. The number of amides is 1. The van der Waals surface area contributed by atoms with Crippen molar-refractivity contribution in [2.75, 3.05) is 6.54 Å². The molecule has 2 aromatic carbocycles. The molecule has 23 heavy (non-hydrogen) atoms. The second-order valence-electron chi connectivity index (χ2n) is 5.75. The summed E-state index contributed by atoms with van der Waals surface area (Å²) in [7, 11) is 0. The minimum Gasteiger partial charge on any atom is -0.481 e. The van der Waals surface area contributed by atoms with Crippen LogP contribution in [0.1, 0.15) is 24.5 Å². The summed E-state index contributed by atoms with van der Waals surface area (Å²) in [5, 5.41) is 0.608. The second kappa shape index (κ2) is 7.05. The summed E-state index contributed by atoms with van der Waals surface area (Å²) >= 11 is 5.98. The SMILES string of the molecule is CC[C@H](Oc1cccc(Cl)c1)C(=O)N1CCc2ccccc2C1. The van der Waals surface area contributed by atoms with Crippen molar-refractivity contribution < 1.29 is 9.53 Å². The Morgan fingerprint density at radius 2 is 2.00 bits per heavy atom. The Labute approximate surface area is 141 Å². The molecule has 3 nitrogen and oxygen atoms in total. The summed E-state index contributed by atoms with van der Waals surface area (Å²) in [6, 6.07) is 15.5. The second-order valence-corrected chi connectivity index (χ2v) is 6.19. The van der Waals surface area contributed by atoms with Crippen LogP contribution in [0.2, 0.25) is 5.02 Å². The Morgan fingerprint density at radius 3 is 2.74 bits per heavy atom. The molecule has 0 radical (unpaired) electrons. The Kier molecular flexibility index (Phi) is 4.87. The van der Waals surface area contributed by atoms with E-state index in [2.05, 4.69) is 12.1 Å². The van der Waals surface area contributed by atoms with Crippen molar-refractivity contribution in [3.8, 4) is 5.75 Å². The summed E-state index contributed by atoms with van der Waals surface area (Å²) in [6.45, 7) is 3.36. The van der Waals surface area contributed by atoms with Gasteiger partial charge in [0.15, 0.2) is 6.10 Å². The van der Waals surface area contributed by atoms with Gasteiger partial charge in [-0.2, -0.15) is 0 Å². The van der Waals surface area contributed by atoms with E-state index < -0.39 is 6.10 Å². The Bertz CT molecular complexity index is 701. The maximum absolute atomic E-state index is 12.8. The molecular formula is C19H20ClNO2. The number of fused-ring (bicyclic) bond motifs is 1. The molecule has 0 aliphatic carbocycles. The lowest BCUT2D eigenvalue weighted by Crippen LogP contribution is -2.44. The normalized spacial score (nSPS) is 15.0. The van der Waals surface area contributed by atoms with Gasteiger partial charge in [0.1, 0.15) is 5.75 Å². The Morgan fingerprint density at radius 1 is 1.22 bits per heavy atom. The van der Waals surface area contributed by atoms with Gasteiger partial charge in [-0.05, 0) is 42.2 Å². The fourth-order valence-electron chi connectivity index (χ4n) is 2.90. The van der Waals surface area contributed by atoms with Crippen molar-refractivity contribution in [1.29, 1.82) is 0 Å². The lowest BCUT2D eigenvalue weighted by molar-refractivity contribution is -0.139. The molecule has 1 atom stereocenters. The Hall–Kier alpha value is -2.00. The van der Waals surface area contributed by atoms with Gasteiger partial charge in [0.05, 0.1) is 0 Å². The summed E-state index contributed by atoms with van der Waals surface area (Å²) in [6.07, 6.45) is 1.05. The quantitative estimate of drug-likeness (QED) is 0.845. The fraction of sp³-hybridized carbons (Fsp3) is 0.316. The van der Waals surface area contributed by atoms with Gasteiger partial charge in [0, 0.05) is 18.1 Å². The van der Waals surface area contributed by atoms with Crippen molar-refractivity contribution in [2.45, 2.75) is 32.4 Å². The van der Waals surface area contributed by atoms with Crippen LogP contribution in [0.15, 0.2) is 48.5 Å². The molecule has 0 unspecified atom stereocenters. The van der Waals surface area contributed by atoms with Crippen LogP contribution in [0, 0.1) is 0 Å². The highest BCUT2D eigenvalue weighted by Crippen LogP contribution is 2.22. The first-order valence-corrected chi connectivity index (χ1v) is 8.33. The van der Waals surface area contributed by atoms with E-state index >= 15 is 0 Å². The van der Waals surface area contributed by atoms with Crippen LogP contribution in [-0.2, 0) is 17.8 Å². The highest BCUT2D eigenvalue weighted by atomic mass is 35.5. The smallest absolute Gasteiger partial charge is 0.263 e. The van der Waals surface area contributed by atoms with Crippen molar-refractivity contribution in [3.63, 3.8) is 0 Å². The first kappa shape index (κ1) is 15.9. The maximum atomic E-state index is 12.8. The first-order chi connectivity index (χ1) is 11.2. The zero-order valence-corrected chi connectivity index (χ0v) is 13.9. The molecule has 0 bridgehead atoms. The molecule has 0 saturated heterocycles. The summed E-state index contributed by atoms with van der Waals surface area (Å²) < 4.78 is 5.87. The number of ether oxygens (including phenoxy) is 1. The van der Waals surface area contributed by atoms with Gasteiger partial charge < -0.3 is 9.64 Å². The van der Waals surface area contributed by atoms with Crippen LogP contribution in [0.5, 0.6) is 5.75 Å². The predicted octanol–water partition coefficient (Wildman–Crippen LogP) is 4.08. The summed E-state index contributed by atoms with van der Waals surface area (Å²) in [5.74, 6) is 0.678. The number of halogens is 1. The van der Waals surface area contributed by atoms with E-state index in [1.54, 1.807) is 12.1 Å². The number of hydrogen-bond donors (Lipinski definition) is 0. The molecule has 2 aromatic rings. The zero-order valence-electron chi connectivity index (χ0n) is 13.2. The van der Waals surface area contributed by atoms with Gasteiger partial charge in [-0.3, -0.25) is 4.79 Å². The summed E-state index contributed by atoms with van der Waals surface area (Å²) in [4.78, 5) is 14.7. The zero-order chi connectivity index (χ0) is 16.2. The number of carbonyl (C=O) groups excluding carboxylic acids is 1. The fourth-order valence-corrected chi connectivity index (χ4v) is 3.08. The van der Waals surface area contributed by atoms with E-state index in [1.807, 2.05) is 36.1 Å². The van der Waals surface area contributed by atoms with Gasteiger partial charge in [0.25, 0.3) is 5.91 Å². The van der Waals surface area contributed by atoms with Crippen LogP contribution >= 0.6 is 11.6 Å². The number of nitrogens with zero attached hydrogens (tertiary/aromatic N) is 1. The van der Waals surface area contributed by atoms with Gasteiger partial charge in [0.2, 0.25) is 0 Å². The molecule has 0 N–H and O–H groups in total. The van der Waals surface area contributed by atoms with E-state index in [0.29, 0.717) is 23.7 Å². The lowest BCUT2D eigenvalue weighted by atomic mass is 9.99. The predicted molar refractivity (Wildman–Crippen MR) is 91.7 cm³/mol. The molecular weight excluding hydrogens is 310 g/mol. The van der Waals surface area contributed by atoms with Crippen LogP contribution in [0.4, 0.5) is 0 Å². The molecule has 4 heteroatoms. The van der Waals surface area contributed by atoms with Gasteiger partial charge in [-0.1, -0.05) is 48.9 Å². The molecule has 0 spiro atoms. The van der Waals surface area contributed by atoms with Crippen LogP contribution in [-0.4, -0.2) is 23.5 Å². The number of hydrogen-bond acceptors (Lipinski definition) is 2. The third-order valence-corrected chi connectivity index (χ3v) is 4.40. The molecule has 3 rings (SSSR count). The van der Waals surface area contributed by atoms with Gasteiger partial charge in [-0.25, -0.2) is 0 Å². The van der Waals surface area contributed by atoms with Crippen molar-refractivity contribution in [2.24, 2.45) is 0 Å². The van der Waals surface area contributed by atoms with E-state index in [9.17, 15) is 4.79 Å².